The molecule has 0 aliphatic carbocycles. The van der Waals surface area contributed by atoms with Gasteiger partial charge in [-0.05, 0) is 35.4 Å². The Labute approximate surface area is 674 Å². The molecular weight excluding hydrogens is 2070 g/mol. The van der Waals surface area contributed by atoms with Crippen LogP contribution in [0.15, 0.2) is 94.9 Å². The van der Waals surface area contributed by atoms with Gasteiger partial charge in [-0.2, -0.15) is 299 Å². The van der Waals surface area contributed by atoms with Crippen LogP contribution in [0, 0.1) is 0 Å². The first-order valence-electron chi connectivity index (χ1n) is 30.9. The van der Waals surface area contributed by atoms with Gasteiger partial charge in [0, 0.05) is 34.7 Å². The van der Waals surface area contributed by atoms with E-state index in [1.54, 1.807) is 0 Å². The van der Waals surface area contributed by atoms with E-state index in [2.05, 4.69) is 9.98 Å². The molecule has 4 rings (SSSR count). The Hall–Kier alpha value is -8.94. The van der Waals surface area contributed by atoms with Crippen molar-refractivity contribution >= 4 is 12.4 Å². The van der Waals surface area contributed by atoms with Crippen molar-refractivity contribution in [1.82, 2.24) is 0 Å². The second-order valence-electron chi connectivity index (χ2n) is 26.3. The Morgan fingerprint density at radius 1 is 0.182 bits per heavy atom. The maximum absolute atomic E-state index is 16.3. The molecule has 0 amide bonds. The molecule has 4 aromatic rings. The molecule has 72 heteroatoms. The van der Waals surface area contributed by atoms with Crippen LogP contribution in [0.25, 0.3) is 0 Å². The van der Waals surface area contributed by atoms with Crippen LogP contribution in [0.1, 0.15) is 56.6 Å². The maximum atomic E-state index is 16.3. The Morgan fingerprint density at radius 3 is 0.485 bits per heavy atom. The zero-order valence-corrected chi connectivity index (χ0v) is 58.9. The number of rotatable bonds is 35. The molecule has 0 spiro atoms. The highest BCUT2D eigenvalue weighted by Gasteiger charge is 3.01. The van der Waals surface area contributed by atoms with Gasteiger partial charge in [0.1, 0.15) is 23.6 Å². The van der Waals surface area contributed by atoms with E-state index in [9.17, 15) is 203 Å². The summed E-state index contributed by atoms with van der Waals surface area (Å²) in [7, 11) is 0. The number of nitrogens with zero attached hydrogens (tertiary/aromatic N) is 2. The van der Waals surface area contributed by atoms with E-state index in [-0.39, 0.29) is 48.5 Å². The van der Waals surface area contributed by atoms with Crippen molar-refractivity contribution in [3.63, 3.8) is 0 Å². The molecule has 132 heavy (non-hydrogen) atoms. The summed E-state index contributed by atoms with van der Waals surface area (Å²) in [6.45, 7) is 0. The fourth-order valence-corrected chi connectivity index (χ4v) is 10.0. The van der Waals surface area contributed by atoms with E-state index >= 15 is 105 Å². The molecule has 0 radical (unpaired) electrons. The van der Waals surface area contributed by atoms with Gasteiger partial charge in [-0.3, -0.25) is 9.98 Å². The Morgan fingerprint density at radius 2 is 0.326 bits per heavy atom. The predicted molar refractivity (Wildman–Crippen MR) is 288 cm³/mol. The van der Waals surface area contributed by atoms with Crippen molar-refractivity contribution in [2.75, 3.05) is 0 Å². The molecule has 0 saturated carbocycles. The van der Waals surface area contributed by atoms with Crippen molar-refractivity contribution in [1.29, 1.82) is 0 Å². The second-order valence-corrected chi connectivity index (χ2v) is 26.3. The van der Waals surface area contributed by atoms with Crippen LogP contribution < -0.4 is 0 Å². The van der Waals surface area contributed by atoms with Crippen LogP contribution in [0.2, 0.25) is 0 Å². The number of hydrogen-bond acceptors (Lipinski definition) is 4. The SMILES string of the molecule is Oc1c(C=N[C@H](c2ccccc2)[C@H](N=Cc2cc(C(F)(F)C(F)(F)C(F)(F)C(F)(F)C(F)(F)C(F)(F)C(F)(F)C(F)(F)F)cc(C(F)(F)C(F)(F)C(F)(F)C(F)(F)C(F)(F)C(F)(F)C(F)(F)C(F)(F)F)c2O)c2ccccc2)cc(C(F)(F)C(F)(F)C(F)(F)C(F)(F)C(F)(F)C(F)(F)C(F)(F)C(F)(F)F)cc1C(F)(F)C(F)(F)C(F)(F)C(F)(F)C(F)(F)C(F)(F)C(F)(F)C(F)(F)F. The monoisotopic (exact) mass is 2090 g/mol. The number of aromatic hydroxyl groups is 2. The van der Waals surface area contributed by atoms with Crippen LogP contribution >= 0.6 is 0 Å². The molecule has 0 aliphatic heterocycles. The number of phenolic OH excluding ortho intramolecular Hbond substituents is 2. The van der Waals surface area contributed by atoms with Crippen LogP contribution in [0.5, 0.6) is 11.5 Å². The summed E-state index contributed by atoms with van der Waals surface area (Å²) in [6, 6.07) is -16.2. The summed E-state index contributed by atoms with van der Waals surface area (Å²) in [5.74, 6) is -279. The molecule has 0 fully saturated rings. The van der Waals surface area contributed by atoms with E-state index < -0.39 is 295 Å². The Bertz CT molecular complexity index is 4560. The number of alkyl halides is 68. The smallest absolute Gasteiger partial charge is 0.460 e. The average Bonchev–Trinajstić information content (AvgIpc) is 0.696. The third-order valence-electron chi connectivity index (χ3n) is 17.9. The van der Waals surface area contributed by atoms with Gasteiger partial charge in [-0.25, -0.2) is 0 Å². The Kier molecular flexibility index (Phi) is 27.8. The Balaban J connectivity index is 2.48. The van der Waals surface area contributed by atoms with Crippen molar-refractivity contribution in [3.8, 4) is 11.5 Å². The van der Waals surface area contributed by atoms with Crippen LogP contribution in [-0.2, 0) is 23.7 Å². The summed E-state index contributed by atoms with van der Waals surface area (Å²) in [5, 5.41) is 21.6. The lowest BCUT2D eigenvalue weighted by Crippen LogP contribution is -2.74. The third kappa shape index (κ3) is 15.4. The number of halogens is 68. The fraction of sp³-hybridized carbons (Fsp3) is 0.567. The van der Waals surface area contributed by atoms with Gasteiger partial charge < -0.3 is 10.2 Å². The molecular formula is C60H20F68N2O2. The van der Waals surface area contributed by atoms with E-state index in [0.717, 1.165) is 0 Å². The summed E-state index contributed by atoms with van der Waals surface area (Å²) in [4.78, 5) is 5.50. The first-order valence-corrected chi connectivity index (χ1v) is 30.9. The molecule has 0 bridgehead atoms. The van der Waals surface area contributed by atoms with Crippen LogP contribution in [-0.4, -0.2) is 189 Å². The molecule has 0 unspecified atom stereocenters. The number of benzene rings is 4. The van der Waals surface area contributed by atoms with Gasteiger partial charge >= 0.3 is 191 Å². The van der Waals surface area contributed by atoms with Crippen molar-refractivity contribution in [2.45, 2.75) is 203 Å². The molecule has 4 nitrogen and oxygen atoms in total. The fourth-order valence-electron chi connectivity index (χ4n) is 10.0. The highest BCUT2D eigenvalue weighted by molar-refractivity contribution is 5.86. The van der Waals surface area contributed by atoms with Gasteiger partial charge in [-0.1, -0.05) is 60.7 Å². The van der Waals surface area contributed by atoms with Crippen LogP contribution in [0.3, 0.4) is 0 Å². The quantitative estimate of drug-likeness (QED) is 0.0356. The molecule has 4 aromatic carbocycles. The van der Waals surface area contributed by atoms with Gasteiger partial charge in [0.05, 0.1) is 11.1 Å². The number of phenols is 2. The highest BCUT2D eigenvalue weighted by Crippen LogP contribution is 2.73. The summed E-state index contributed by atoms with van der Waals surface area (Å²) in [6.07, 6.45) is -37.9. The molecule has 0 saturated heterocycles. The molecule has 0 aliphatic rings. The third-order valence-corrected chi connectivity index (χ3v) is 17.9. The summed E-state index contributed by atoms with van der Waals surface area (Å²) < 4.78 is 990. The van der Waals surface area contributed by atoms with Crippen molar-refractivity contribution in [3.05, 3.63) is 129 Å². The molecule has 758 valence electrons. The summed E-state index contributed by atoms with van der Waals surface area (Å²) >= 11 is 0. The zero-order chi connectivity index (χ0) is 106. The van der Waals surface area contributed by atoms with Crippen molar-refractivity contribution in [2.24, 2.45) is 9.98 Å². The van der Waals surface area contributed by atoms with Crippen molar-refractivity contribution < 1.29 is 309 Å². The molecule has 2 N–H and O–H groups in total. The predicted octanol–water partition coefficient (Wildman–Crippen LogP) is 28.0. The largest absolute Gasteiger partial charge is 0.507 e. The molecule has 2 atom stereocenters. The zero-order valence-electron chi connectivity index (χ0n) is 58.9. The van der Waals surface area contributed by atoms with E-state index in [1.165, 1.54) is 0 Å². The standard InChI is InChI=1S/C60H20F68N2O2/c61-29(62,33(69,70)37(77,78)41(85,86)45(93,94)49(101,102)53(109,110)57(117,118)119)21-11-19(27(131)23(13-21)31(65,66)35(73,74)39(81,82)43(89,90)47(97,98)51(105,106)55(113,114)59(123,124)125)15-129-25(17-7-3-1-4-8-17)26(18-9-5-2-6-10-18)130-16-20-12-22(30(63,64)34(71,72)38(79,80)42(87,88)46(95,96)50(103,104)54(111,112)58(120,121)122)14-24(28(20)132)32(67,68)36(75,76)40(83,84)44(91,92)48(99,100)52(107,108)56(115,116)60(126,127)128/h1-16,25-26,131-132H/t25-,26-/m1/s1. The van der Waals surface area contributed by atoms with E-state index in [4.69, 9.17) is 0 Å². The van der Waals surface area contributed by atoms with E-state index in [1.807, 2.05) is 0 Å². The van der Waals surface area contributed by atoms with Gasteiger partial charge in [0.25, 0.3) is 0 Å². The minimum Gasteiger partial charge on any atom is -0.507 e. The van der Waals surface area contributed by atoms with E-state index in [0.29, 0.717) is 12.1 Å². The second kappa shape index (κ2) is 31.8. The van der Waals surface area contributed by atoms with Crippen LogP contribution in [0.4, 0.5) is 299 Å². The molecule has 0 heterocycles. The van der Waals surface area contributed by atoms with Gasteiger partial charge in [-0.15, -0.1) is 0 Å². The van der Waals surface area contributed by atoms with Gasteiger partial charge in [0.2, 0.25) is 0 Å². The topological polar surface area (TPSA) is 65.2 Å². The number of aliphatic imine (C=N–C) groups is 2. The first-order chi connectivity index (χ1) is 57.2. The molecule has 0 aromatic heterocycles. The minimum atomic E-state index is -10.1. The lowest BCUT2D eigenvalue weighted by atomic mass is 9.84. The maximum Gasteiger partial charge on any atom is 0.460 e. The summed E-state index contributed by atoms with van der Waals surface area (Å²) in [5.41, 5.74) is -30.8. The average molecular weight is 2090 g/mol. The minimum absolute atomic E-state index is 0.0163. The normalized spacial score (nSPS) is 16.7. The first kappa shape index (κ1) is 115. The highest BCUT2D eigenvalue weighted by atomic mass is 19.5. The number of hydrogen-bond donors (Lipinski definition) is 2. The van der Waals surface area contributed by atoms with Gasteiger partial charge in [0.15, 0.2) is 0 Å². The lowest BCUT2D eigenvalue weighted by molar-refractivity contribution is -0.463. The lowest BCUT2D eigenvalue weighted by Gasteiger charge is -2.43.